The Morgan fingerprint density at radius 2 is 0.925 bits per heavy atom. The van der Waals surface area contributed by atoms with Crippen LogP contribution in [0.25, 0.3) is 0 Å². The molecule has 0 fully saturated rings. The van der Waals surface area contributed by atoms with Crippen molar-refractivity contribution in [2.75, 3.05) is 19.6 Å². The van der Waals surface area contributed by atoms with E-state index in [1.54, 1.807) is 0 Å². The van der Waals surface area contributed by atoms with Crippen molar-refractivity contribution in [1.82, 2.24) is 21.3 Å². The molecule has 0 rings (SSSR count). The number of nitrogens with zero attached hydrogens (tertiary/aromatic N) is 2. The van der Waals surface area contributed by atoms with E-state index in [2.05, 4.69) is 38.2 Å². The van der Waals surface area contributed by atoms with E-state index < -0.39 is 35.8 Å². The molecular formula is C36H73N13O4. The molecule has 0 aromatic carbocycles. The standard InChI is InChI=1S/C36H73N13O4/c1-2-3-4-5-6-7-8-9-10-11-12-13-14-15-16-23-30(50)47-28(21-18-25-45-35(40)41)32(52)49-29(22-19-26-46-36(42)43)33(53)48-27(31(37)51)20-17-24-44-34(38)39/h27-29H,2-26H2,1H3,(H2,37,51)(H,47,50)(H,48,53)(H,49,52)(H4,38,39,44)(H4,40,41,45)(H4,42,43,46)/t27-,28-,29-/m0/s1. The number of unbranched alkanes of at least 4 members (excludes halogenated alkanes) is 14. The number of aliphatic imine (C=N–C) groups is 2. The Labute approximate surface area is 317 Å². The summed E-state index contributed by atoms with van der Waals surface area (Å²) in [6.07, 6.45) is 20.2. The monoisotopic (exact) mass is 752 g/mol. The lowest BCUT2D eigenvalue weighted by molar-refractivity contribution is -0.133. The summed E-state index contributed by atoms with van der Waals surface area (Å²) in [4.78, 5) is 59.9. The molecule has 0 aliphatic carbocycles. The van der Waals surface area contributed by atoms with E-state index >= 15 is 0 Å². The minimum atomic E-state index is -1.08. The largest absolute Gasteiger partial charge is 0.370 e. The molecule has 17 nitrogen and oxygen atoms in total. The molecule has 17 N–H and O–H groups in total. The van der Waals surface area contributed by atoms with Crippen molar-refractivity contribution in [2.45, 2.75) is 166 Å². The number of nitrogens with two attached hydrogens (primary N) is 6. The first-order chi connectivity index (χ1) is 25.4. The number of primary amides is 1. The van der Waals surface area contributed by atoms with E-state index in [4.69, 9.17) is 39.8 Å². The van der Waals surface area contributed by atoms with Crippen LogP contribution >= 0.6 is 0 Å². The third-order valence-corrected chi connectivity index (χ3v) is 8.83. The number of hydrogen-bond acceptors (Lipinski definition) is 7. The Morgan fingerprint density at radius 3 is 1.36 bits per heavy atom. The van der Waals surface area contributed by atoms with Gasteiger partial charge in [-0.3, -0.25) is 34.6 Å². The van der Waals surface area contributed by atoms with E-state index in [-0.39, 0.29) is 69.1 Å². The maximum absolute atomic E-state index is 13.6. The van der Waals surface area contributed by atoms with Crippen LogP contribution in [0.1, 0.15) is 148 Å². The first kappa shape index (κ1) is 48.7. The minimum Gasteiger partial charge on any atom is -0.370 e. The molecule has 53 heavy (non-hydrogen) atoms. The average Bonchev–Trinajstić information content (AvgIpc) is 3.09. The zero-order valence-corrected chi connectivity index (χ0v) is 32.4. The average molecular weight is 752 g/mol. The van der Waals surface area contributed by atoms with Crippen LogP contribution in [0.15, 0.2) is 9.98 Å². The van der Waals surface area contributed by atoms with Crippen LogP contribution in [0.2, 0.25) is 0 Å². The molecule has 3 atom stereocenters. The molecule has 0 aliphatic rings. The summed E-state index contributed by atoms with van der Waals surface area (Å²) in [6, 6.07) is -3.06. The van der Waals surface area contributed by atoms with Gasteiger partial charge in [-0.05, 0) is 44.9 Å². The van der Waals surface area contributed by atoms with Gasteiger partial charge in [0.1, 0.15) is 18.1 Å². The number of amides is 4. The number of hydrogen-bond donors (Lipinski definition) is 11. The number of rotatable bonds is 34. The van der Waals surface area contributed by atoms with Crippen molar-refractivity contribution < 1.29 is 19.2 Å². The first-order valence-corrected chi connectivity index (χ1v) is 19.7. The van der Waals surface area contributed by atoms with Gasteiger partial charge in [-0.1, -0.05) is 96.8 Å². The summed E-state index contributed by atoms with van der Waals surface area (Å²) in [7, 11) is 0. The smallest absolute Gasteiger partial charge is 0.243 e. The maximum atomic E-state index is 13.6. The van der Waals surface area contributed by atoms with E-state index in [0.717, 1.165) is 19.3 Å². The van der Waals surface area contributed by atoms with Gasteiger partial charge in [0.2, 0.25) is 23.6 Å². The SMILES string of the molecule is CCCCCCCCCCCCCCCCCC(=O)N[C@@H](CCCN=C(N)N)C(=O)N[C@@H](CCCNC(=N)N)C(=O)N[C@@H](CCCN=C(N)N)C(N)=O. The van der Waals surface area contributed by atoms with Crippen LogP contribution in [-0.2, 0) is 19.2 Å². The van der Waals surface area contributed by atoms with Gasteiger partial charge in [0.15, 0.2) is 17.9 Å². The Balaban J connectivity index is 5.12. The number of nitrogens with one attached hydrogen (secondary N) is 5. The Bertz CT molecular complexity index is 1100. The van der Waals surface area contributed by atoms with Crippen molar-refractivity contribution in [1.29, 1.82) is 5.41 Å². The predicted molar refractivity (Wildman–Crippen MR) is 214 cm³/mol. The summed E-state index contributed by atoms with van der Waals surface area (Å²) in [5.74, 6) is -2.62. The van der Waals surface area contributed by atoms with E-state index in [9.17, 15) is 19.2 Å². The van der Waals surface area contributed by atoms with Gasteiger partial charge in [-0.25, -0.2) is 0 Å². The molecule has 0 radical (unpaired) electrons. The predicted octanol–water partition coefficient (Wildman–Crippen LogP) is 1.56. The molecule has 306 valence electrons. The van der Waals surface area contributed by atoms with E-state index in [1.165, 1.54) is 70.6 Å². The molecule has 0 unspecified atom stereocenters. The van der Waals surface area contributed by atoms with E-state index in [1.807, 2.05) is 0 Å². The highest BCUT2D eigenvalue weighted by Crippen LogP contribution is 2.14. The summed E-state index contributed by atoms with van der Waals surface area (Å²) < 4.78 is 0. The maximum Gasteiger partial charge on any atom is 0.243 e. The third-order valence-electron chi connectivity index (χ3n) is 8.83. The fourth-order valence-corrected chi connectivity index (χ4v) is 5.83. The minimum absolute atomic E-state index is 0.0820. The highest BCUT2D eigenvalue weighted by atomic mass is 16.2. The lowest BCUT2D eigenvalue weighted by Crippen LogP contribution is -2.56. The van der Waals surface area contributed by atoms with Gasteiger partial charge in [0, 0.05) is 26.1 Å². The van der Waals surface area contributed by atoms with Crippen molar-refractivity contribution in [3.8, 4) is 0 Å². The molecule has 0 saturated carbocycles. The zero-order valence-electron chi connectivity index (χ0n) is 32.4. The van der Waals surface area contributed by atoms with Crippen LogP contribution in [0, 0.1) is 5.41 Å². The zero-order chi connectivity index (χ0) is 39.7. The van der Waals surface area contributed by atoms with Gasteiger partial charge >= 0.3 is 0 Å². The fourth-order valence-electron chi connectivity index (χ4n) is 5.83. The summed E-state index contributed by atoms with van der Waals surface area (Å²) in [5.41, 5.74) is 32.5. The molecule has 0 aromatic rings. The highest BCUT2D eigenvalue weighted by Gasteiger charge is 2.28. The Hall–Kier alpha value is -4.31. The summed E-state index contributed by atoms with van der Waals surface area (Å²) in [6.45, 7) is 3.00. The van der Waals surface area contributed by atoms with Gasteiger partial charge in [0.25, 0.3) is 0 Å². The highest BCUT2D eigenvalue weighted by molar-refractivity contribution is 5.94. The molecule has 0 spiro atoms. The van der Waals surface area contributed by atoms with E-state index in [0.29, 0.717) is 25.7 Å². The summed E-state index contributed by atoms with van der Waals surface area (Å²) in [5, 5.41) is 18.2. The Morgan fingerprint density at radius 1 is 0.528 bits per heavy atom. The molecule has 4 amide bonds. The van der Waals surface area contributed by atoms with Gasteiger partial charge < -0.3 is 55.7 Å². The second-order valence-corrected chi connectivity index (χ2v) is 13.7. The van der Waals surface area contributed by atoms with Crippen LogP contribution in [-0.4, -0.2) is 79.3 Å². The van der Waals surface area contributed by atoms with Crippen LogP contribution in [0.4, 0.5) is 0 Å². The quantitative estimate of drug-likeness (QED) is 0.0256. The van der Waals surface area contributed by atoms with Gasteiger partial charge in [-0.15, -0.1) is 0 Å². The summed E-state index contributed by atoms with van der Waals surface area (Å²) >= 11 is 0. The van der Waals surface area contributed by atoms with Crippen molar-refractivity contribution in [3.05, 3.63) is 0 Å². The molecule has 0 bridgehead atoms. The Kier molecular flexibility index (Phi) is 29.7. The van der Waals surface area contributed by atoms with Crippen LogP contribution in [0.5, 0.6) is 0 Å². The second-order valence-electron chi connectivity index (χ2n) is 13.7. The van der Waals surface area contributed by atoms with Gasteiger partial charge in [0.05, 0.1) is 0 Å². The number of carbonyl (C=O) groups excluding carboxylic acids is 4. The second kappa shape index (κ2) is 32.3. The normalized spacial score (nSPS) is 12.5. The molecule has 0 aromatic heterocycles. The van der Waals surface area contributed by atoms with Crippen molar-refractivity contribution in [3.63, 3.8) is 0 Å². The van der Waals surface area contributed by atoms with Gasteiger partial charge in [-0.2, -0.15) is 0 Å². The lowest BCUT2D eigenvalue weighted by atomic mass is 10.0. The van der Waals surface area contributed by atoms with Crippen LogP contribution in [0.3, 0.4) is 0 Å². The molecule has 0 heterocycles. The number of carbonyl (C=O) groups is 4. The fraction of sp³-hybridized carbons (Fsp3) is 0.806. The van der Waals surface area contributed by atoms with Crippen molar-refractivity contribution >= 4 is 41.5 Å². The number of guanidine groups is 3. The molecular weight excluding hydrogens is 678 g/mol. The topological polar surface area (TPSA) is 321 Å². The molecule has 17 heteroatoms. The first-order valence-electron chi connectivity index (χ1n) is 19.7. The third kappa shape index (κ3) is 29.9. The molecule has 0 saturated heterocycles. The lowest BCUT2D eigenvalue weighted by Gasteiger charge is -2.25. The molecule has 0 aliphatic heterocycles. The van der Waals surface area contributed by atoms with Crippen LogP contribution < -0.4 is 55.7 Å². The van der Waals surface area contributed by atoms with Crippen molar-refractivity contribution in [2.24, 2.45) is 44.4 Å².